The number of carbonyl (C=O) groups excluding carboxylic acids is 6. The number of benzene rings is 1. The number of thioether (sulfide) groups is 1. The van der Waals surface area contributed by atoms with E-state index in [9.17, 15) is 43.5 Å². The maximum Gasteiger partial charge on any atom is 0.326 e. The van der Waals surface area contributed by atoms with Crippen LogP contribution < -0.4 is 21.7 Å². The van der Waals surface area contributed by atoms with Gasteiger partial charge < -0.3 is 36.8 Å². The second-order valence-electron chi connectivity index (χ2n) is 17.8. The van der Waals surface area contributed by atoms with Crippen molar-refractivity contribution < 1.29 is 48.6 Å². The Morgan fingerprint density at radius 2 is 1.56 bits per heavy atom. The molecule has 2 rings (SSSR count). The van der Waals surface area contributed by atoms with Crippen LogP contribution in [0.1, 0.15) is 106 Å². The number of carbonyl (C=O) groups is 8. The summed E-state index contributed by atoms with van der Waals surface area (Å²) in [5.74, 6) is -4.95. The number of hydrogen-bond acceptors (Lipinski definition) is 11. The minimum atomic E-state index is -1.35. The Morgan fingerprint density at radius 1 is 0.934 bits per heavy atom. The first-order valence-electron chi connectivity index (χ1n) is 20.8. The zero-order valence-corrected chi connectivity index (χ0v) is 38.2. The molecular weight excluding hydrogens is 805 g/mol. The van der Waals surface area contributed by atoms with E-state index in [-0.39, 0.29) is 78.9 Å². The molecule has 0 aliphatic carbocycles. The second-order valence-corrected chi connectivity index (χ2v) is 19.0. The lowest BCUT2D eigenvalue weighted by Gasteiger charge is -2.40. The van der Waals surface area contributed by atoms with Crippen LogP contribution in [0.25, 0.3) is 0 Å². The van der Waals surface area contributed by atoms with Crippen molar-refractivity contribution in [2.75, 3.05) is 26.4 Å². The van der Waals surface area contributed by atoms with E-state index < -0.39 is 64.1 Å². The van der Waals surface area contributed by atoms with Gasteiger partial charge in [-0.2, -0.15) is 0 Å². The summed E-state index contributed by atoms with van der Waals surface area (Å²) in [5, 5.41) is 26.8. The molecule has 6 atom stereocenters. The number of likely N-dealkylation sites (tertiary alicyclic amines) is 1. The molecule has 17 heteroatoms. The minimum Gasteiger partial charge on any atom is -0.480 e. The molecule has 1 saturated heterocycles. The first-order chi connectivity index (χ1) is 28.3. The predicted molar refractivity (Wildman–Crippen MR) is 234 cm³/mol. The van der Waals surface area contributed by atoms with Crippen LogP contribution in [0.4, 0.5) is 0 Å². The van der Waals surface area contributed by atoms with Gasteiger partial charge >= 0.3 is 11.9 Å². The number of rotatable bonds is 25. The van der Waals surface area contributed by atoms with Gasteiger partial charge in [-0.15, -0.1) is 11.8 Å². The van der Waals surface area contributed by atoms with Gasteiger partial charge in [0.05, 0.1) is 17.3 Å². The summed E-state index contributed by atoms with van der Waals surface area (Å²) < 4.78 is 0. The van der Waals surface area contributed by atoms with Crippen molar-refractivity contribution in [3.63, 3.8) is 0 Å². The number of carboxylic acids is 2. The van der Waals surface area contributed by atoms with Crippen LogP contribution in [-0.2, 0) is 43.8 Å². The van der Waals surface area contributed by atoms with Crippen LogP contribution in [0.5, 0.6) is 0 Å². The number of unbranched alkanes of at least 4 members (excludes halogenated alkanes) is 2. The van der Waals surface area contributed by atoms with Gasteiger partial charge in [0.25, 0.3) is 0 Å². The summed E-state index contributed by atoms with van der Waals surface area (Å²) in [7, 11) is 3.31. The lowest BCUT2D eigenvalue weighted by atomic mass is 9.76. The number of nitrogens with zero attached hydrogens (tertiary/aromatic N) is 2. The molecule has 0 aromatic heterocycles. The minimum absolute atomic E-state index is 0.00495. The Labute approximate surface area is 364 Å². The monoisotopic (exact) mass is 872 g/mol. The molecule has 1 aliphatic heterocycles. The van der Waals surface area contributed by atoms with Crippen molar-refractivity contribution in [2.45, 2.75) is 141 Å². The largest absolute Gasteiger partial charge is 0.480 e. The third-order valence-electron chi connectivity index (χ3n) is 11.1. The van der Waals surface area contributed by atoms with Crippen molar-refractivity contribution in [1.82, 2.24) is 25.8 Å². The van der Waals surface area contributed by atoms with Gasteiger partial charge in [-0.05, 0) is 50.1 Å². The van der Waals surface area contributed by atoms with E-state index in [0.717, 1.165) is 22.2 Å². The van der Waals surface area contributed by atoms with E-state index in [4.69, 9.17) is 10.8 Å². The lowest BCUT2D eigenvalue weighted by Crippen LogP contribution is -2.61. The number of aliphatic carboxylic acids is 2. The number of amides is 5. The van der Waals surface area contributed by atoms with E-state index >= 15 is 0 Å². The molecule has 0 spiro atoms. The molecule has 1 fully saturated rings. The molecule has 340 valence electrons. The van der Waals surface area contributed by atoms with Crippen molar-refractivity contribution in [2.24, 2.45) is 17.1 Å². The van der Waals surface area contributed by atoms with Crippen LogP contribution >= 0.6 is 11.8 Å². The fourth-order valence-corrected chi connectivity index (χ4v) is 8.31. The zero-order valence-electron chi connectivity index (χ0n) is 37.4. The molecule has 1 aromatic carbocycles. The number of ketones is 1. The second kappa shape index (κ2) is 23.6. The fraction of sp³-hybridized carbons (Fsp3) is 0.636. The molecule has 1 aliphatic rings. The normalized spacial score (nSPS) is 17.3. The van der Waals surface area contributed by atoms with Gasteiger partial charge in [0.1, 0.15) is 23.9 Å². The van der Waals surface area contributed by atoms with E-state index in [0.29, 0.717) is 19.3 Å². The Hall–Kier alpha value is -4.61. The van der Waals surface area contributed by atoms with E-state index in [1.54, 1.807) is 20.2 Å². The van der Waals surface area contributed by atoms with E-state index in [2.05, 4.69) is 16.0 Å². The van der Waals surface area contributed by atoms with Crippen molar-refractivity contribution in [3.05, 3.63) is 47.5 Å². The average Bonchev–Trinajstić information content (AvgIpc) is 3.45. The number of hydrogen-bond donors (Lipinski definition) is 6. The molecule has 5 amide bonds. The van der Waals surface area contributed by atoms with Crippen LogP contribution in [0.2, 0.25) is 0 Å². The smallest absolute Gasteiger partial charge is 0.326 e. The molecule has 1 unspecified atom stereocenters. The molecule has 61 heavy (non-hydrogen) atoms. The molecule has 1 heterocycles. The van der Waals surface area contributed by atoms with E-state index in [1.807, 2.05) is 78.8 Å². The Morgan fingerprint density at radius 3 is 2.10 bits per heavy atom. The van der Waals surface area contributed by atoms with Crippen molar-refractivity contribution in [1.29, 1.82) is 0 Å². The molecular formula is C44H68N6O10S. The Balaban J connectivity index is 1.99. The standard InChI is InChI=1S/C44H68N6O10S/c1-26(2)32(49(10)40(56)36(43(4,5)6)48-38(54)35(46-9)44(7,8)28-17-13-11-14-18-28)23-27(3)37(53)47-31(42(59)60)21-20-29(51)19-15-12-16-22-50-34(52)24-33(39(50)55)61-25-30(45)41(57)58/h11,13-14,17-18,23,26,30-33,35-36,46H,12,15-16,19-22,24-25,45H2,1-10H3,(H,47,53)(H,48,54)(H,57,58)(H,59,60)/b27-23+/t30-,31+,32+,33?,35+,36+/m0/s1. The number of likely N-dealkylation sites (N-methyl/N-ethyl adjacent to an activating group) is 2. The zero-order chi connectivity index (χ0) is 46.4. The summed E-state index contributed by atoms with van der Waals surface area (Å²) in [6.45, 7) is 15.0. The number of nitrogens with one attached hydrogen (secondary N) is 3. The number of imide groups is 1. The first kappa shape index (κ1) is 52.5. The molecule has 16 nitrogen and oxygen atoms in total. The number of Topliss-reactive ketones (excluding diaryl/α,β-unsaturated/α-hetero) is 1. The van der Waals surface area contributed by atoms with Crippen molar-refractivity contribution in [3.8, 4) is 0 Å². The number of nitrogens with two attached hydrogens (primary N) is 1. The quantitative estimate of drug-likeness (QED) is 0.0470. The molecule has 0 radical (unpaired) electrons. The van der Waals surface area contributed by atoms with Crippen molar-refractivity contribution >= 4 is 59.0 Å². The fourth-order valence-electron chi connectivity index (χ4n) is 7.20. The summed E-state index contributed by atoms with van der Waals surface area (Å²) in [5.41, 5.74) is 5.31. The van der Waals surface area contributed by atoms with Crippen LogP contribution in [0.3, 0.4) is 0 Å². The molecule has 1 aromatic rings. The molecule has 0 saturated carbocycles. The van der Waals surface area contributed by atoms with Gasteiger partial charge in [-0.1, -0.05) is 91.3 Å². The molecule has 0 bridgehead atoms. The Bertz CT molecular complexity index is 1760. The lowest BCUT2D eigenvalue weighted by molar-refractivity contribution is -0.142. The van der Waals surface area contributed by atoms with Crippen LogP contribution in [-0.4, -0.2) is 129 Å². The van der Waals surface area contributed by atoms with Gasteiger partial charge in [-0.3, -0.25) is 38.5 Å². The highest BCUT2D eigenvalue weighted by Gasteiger charge is 2.42. The summed E-state index contributed by atoms with van der Waals surface area (Å²) in [4.78, 5) is 105. The van der Waals surface area contributed by atoms with Gasteiger partial charge in [0, 0.05) is 49.6 Å². The summed E-state index contributed by atoms with van der Waals surface area (Å²) >= 11 is 1.05. The maximum atomic E-state index is 14.2. The van der Waals surface area contributed by atoms with Gasteiger partial charge in [-0.25, -0.2) is 4.79 Å². The van der Waals surface area contributed by atoms with E-state index in [1.165, 1.54) is 11.8 Å². The van der Waals surface area contributed by atoms with Crippen LogP contribution in [0, 0.1) is 11.3 Å². The summed E-state index contributed by atoms with van der Waals surface area (Å²) in [6.07, 6.45) is 2.96. The van der Waals surface area contributed by atoms with Crippen LogP contribution in [0.15, 0.2) is 42.0 Å². The first-order valence-corrected chi connectivity index (χ1v) is 21.9. The highest BCUT2D eigenvalue weighted by atomic mass is 32.2. The Kier molecular flexibility index (Phi) is 20.3. The topological polar surface area (TPSA) is 246 Å². The SMILES string of the molecule is CN[C@H](C(=O)N[C@H](C(=O)N(C)[C@H](/C=C(\C)C(=O)N[C@H](CCC(=O)CCCCCN1C(=O)CC(SC[C@H](N)C(=O)O)C1=O)C(=O)O)C(C)C)C(C)(C)C)C(C)(C)c1ccccc1. The van der Waals surface area contributed by atoms with Gasteiger partial charge in [0.2, 0.25) is 29.5 Å². The number of carboxylic acid groups (broad SMARTS) is 2. The van der Waals surface area contributed by atoms with Gasteiger partial charge in [0.15, 0.2) is 0 Å². The highest BCUT2D eigenvalue weighted by Crippen LogP contribution is 2.30. The summed E-state index contributed by atoms with van der Waals surface area (Å²) in [6, 6.07) is 4.94. The third-order valence-corrected chi connectivity index (χ3v) is 12.4. The highest BCUT2D eigenvalue weighted by molar-refractivity contribution is 8.00. The predicted octanol–water partition coefficient (Wildman–Crippen LogP) is 3.26. The third kappa shape index (κ3) is 15.4. The molecule has 7 N–H and O–H groups in total. The average molecular weight is 873 g/mol. The maximum absolute atomic E-state index is 14.2.